The van der Waals surface area contributed by atoms with Crippen molar-refractivity contribution in [3.8, 4) is 0 Å². The molecule has 7 nitrogen and oxygen atoms in total. The number of hydrogen-bond acceptors (Lipinski definition) is 5. The van der Waals surface area contributed by atoms with Gasteiger partial charge in [0, 0.05) is 43.1 Å². The van der Waals surface area contributed by atoms with Gasteiger partial charge in [-0.3, -0.25) is 14.9 Å². The van der Waals surface area contributed by atoms with Crippen LogP contribution in [0, 0.1) is 10.1 Å². The Morgan fingerprint density at radius 2 is 1.92 bits per heavy atom. The molecule has 0 aliphatic heterocycles. The van der Waals surface area contributed by atoms with Crippen molar-refractivity contribution in [3.05, 3.63) is 58.1 Å². The predicted octanol–water partition coefficient (Wildman–Crippen LogP) is 3.54. The van der Waals surface area contributed by atoms with E-state index in [4.69, 9.17) is 0 Å². The van der Waals surface area contributed by atoms with Gasteiger partial charge in [-0.1, -0.05) is 6.07 Å². The maximum absolute atomic E-state index is 11.7. The minimum atomic E-state index is -0.501. The molecular formula is C18H22N4O3. The van der Waals surface area contributed by atoms with E-state index in [1.807, 2.05) is 31.3 Å². The van der Waals surface area contributed by atoms with E-state index < -0.39 is 4.92 Å². The molecule has 0 unspecified atom stereocenters. The molecule has 25 heavy (non-hydrogen) atoms. The van der Waals surface area contributed by atoms with Crippen molar-refractivity contribution in [2.45, 2.75) is 19.9 Å². The molecule has 0 saturated heterocycles. The van der Waals surface area contributed by atoms with Gasteiger partial charge in [-0.2, -0.15) is 0 Å². The van der Waals surface area contributed by atoms with E-state index in [1.165, 1.54) is 13.1 Å². The van der Waals surface area contributed by atoms with Crippen LogP contribution in [0.25, 0.3) is 0 Å². The summed E-state index contributed by atoms with van der Waals surface area (Å²) in [5.41, 5.74) is 2.17. The lowest BCUT2D eigenvalue weighted by Gasteiger charge is -2.24. The summed E-state index contributed by atoms with van der Waals surface area (Å²) in [7, 11) is 3.47. The van der Waals surface area contributed by atoms with Crippen LogP contribution in [0.1, 0.15) is 24.2 Å². The minimum absolute atomic E-state index is 0.149. The van der Waals surface area contributed by atoms with Gasteiger partial charge in [-0.05, 0) is 44.2 Å². The van der Waals surface area contributed by atoms with Crippen LogP contribution in [0.5, 0.6) is 0 Å². The van der Waals surface area contributed by atoms with Gasteiger partial charge in [0.1, 0.15) is 5.69 Å². The lowest BCUT2D eigenvalue weighted by atomic mass is 10.1. The number of carbonyl (C=O) groups excluding carboxylic acids is 1. The van der Waals surface area contributed by atoms with Crippen molar-refractivity contribution < 1.29 is 9.72 Å². The third-order valence-corrected chi connectivity index (χ3v) is 3.99. The summed E-state index contributed by atoms with van der Waals surface area (Å²) in [4.78, 5) is 24.7. The van der Waals surface area contributed by atoms with Crippen molar-refractivity contribution in [3.63, 3.8) is 0 Å². The summed E-state index contributed by atoms with van der Waals surface area (Å²) in [6.45, 7) is 4.17. The third-order valence-electron chi connectivity index (χ3n) is 3.99. The molecule has 0 aliphatic carbocycles. The molecule has 0 bridgehead atoms. The highest BCUT2D eigenvalue weighted by Crippen LogP contribution is 2.30. The quantitative estimate of drug-likeness (QED) is 0.619. The summed E-state index contributed by atoms with van der Waals surface area (Å²) in [6.07, 6.45) is 0. The Balaban J connectivity index is 2.35. The van der Waals surface area contributed by atoms with Crippen molar-refractivity contribution in [2.24, 2.45) is 0 Å². The second-order valence-electron chi connectivity index (χ2n) is 5.95. The van der Waals surface area contributed by atoms with Crippen LogP contribution in [-0.2, 0) is 0 Å². The van der Waals surface area contributed by atoms with Gasteiger partial charge in [0.25, 0.3) is 11.6 Å². The van der Waals surface area contributed by atoms with Crippen molar-refractivity contribution in [2.75, 3.05) is 24.3 Å². The summed E-state index contributed by atoms with van der Waals surface area (Å²) < 4.78 is 0. The van der Waals surface area contributed by atoms with Crippen LogP contribution < -0.4 is 15.5 Å². The number of nitro groups is 1. The number of amides is 1. The molecule has 0 spiro atoms. The number of anilines is 3. The van der Waals surface area contributed by atoms with E-state index in [9.17, 15) is 14.9 Å². The van der Waals surface area contributed by atoms with Crippen LogP contribution in [0.3, 0.4) is 0 Å². The van der Waals surface area contributed by atoms with Gasteiger partial charge >= 0.3 is 0 Å². The first kappa shape index (κ1) is 18.3. The Bertz CT molecular complexity index is 790. The van der Waals surface area contributed by atoms with Gasteiger partial charge in [-0.15, -0.1) is 0 Å². The number of hydrogen-bond donors (Lipinski definition) is 2. The fraction of sp³-hybridized carbons (Fsp3) is 0.278. The van der Waals surface area contributed by atoms with Crippen LogP contribution in [0.4, 0.5) is 22.7 Å². The fourth-order valence-electron chi connectivity index (χ4n) is 2.33. The molecule has 0 aromatic heterocycles. The van der Waals surface area contributed by atoms with E-state index in [0.717, 1.165) is 11.4 Å². The maximum atomic E-state index is 11.7. The molecule has 2 aromatic rings. The third kappa shape index (κ3) is 4.26. The molecule has 2 N–H and O–H groups in total. The van der Waals surface area contributed by atoms with Crippen molar-refractivity contribution in [1.82, 2.24) is 5.32 Å². The molecule has 2 rings (SSSR count). The standard InChI is InChI=1S/C18H22N4O3/c1-12(2)21(4)15-7-5-6-14(11-15)20-16-9-8-13(18(23)19-3)10-17(16)22(24)25/h5-12,20H,1-4H3,(H,19,23). The molecule has 132 valence electrons. The van der Waals surface area contributed by atoms with Crippen LogP contribution in [0.2, 0.25) is 0 Å². The first-order valence-corrected chi connectivity index (χ1v) is 7.94. The SMILES string of the molecule is CNC(=O)c1ccc(Nc2cccc(N(C)C(C)C)c2)c([N+](=O)[O-])c1. The van der Waals surface area contributed by atoms with Crippen molar-refractivity contribution >= 4 is 28.7 Å². The Kier molecular flexibility index (Phi) is 5.59. The smallest absolute Gasteiger partial charge is 0.293 e. The molecular weight excluding hydrogens is 320 g/mol. The number of nitrogens with one attached hydrogen (secondary N) is 2. The molecule has 0 aliphatic rings. The summed E-state index contributed by atoms with van der Waals surface area (Å²) >= 11 is 0. The first-order chi connectivity index (χ1) is 11.8. The molecule has 2 aromatic carbocycles. The molecule has 7 heteroatoms. The lowest BCUT2D eigenvalue weighted by molar-refractivity contribution is -0.383. The zero-order valence-electron chi connectivity index (χ0n) is 14.7. The van der Waals surface area contributed by atoms with Gasteiger partial charge in [0.15, 0.2) is 0 Å². The van der Waals surface area contributed by atoms with Crippen molar-refractivity contribution in [1.29, 1.82) is 0 Å². The average molecular weight is 342 g/mol. The number of benzene rings is 2. The zero-order valence-corrected chi connectivity index (χ0v) is 14.7. The normalized spacial score (nSPS) is 10.4. The molecule has 0 atom stereocenters. The van der Waals surface area contributed by atoms with E-state index in [2.05, 4.69) is 29.4 Å². The summed E-state index contributed by atoms with van der Waals surface area (Å²) in [6, 6.07) is 12.3. The predicted molar refractivity (Wildman–Crippen MR) is 99.8 cm³/mol. The summed E-state index contributed by atoms with van der Waals surface area (Å²) in [5, 5.41) is 16.9. The topological polar surface area (TPSA) is 87.5 Å². The zero-order chi connectivity index (χ0) is 18.6. The molecule has 0 heterocycles. The number of nitrogens with zero attached hydrogens (tertiary/aromatic N) is 2. The highest BCUT2D eigenvalue weighted by molar-refractivity contribution is 5.95. The molecule has 0 radical (unpaired) electrons. The van der Waals surface area contributed by atoms with Gasteiger partial charge in [0.05, 0.1) is 4.92 Å². The van der Waals surface area contributed by atoms with Crippen LogP contribution in [0.15, 0.2) is 42.5 Å². The van der Waals surface area contributed by atoms with Gasteiger partial charge in [0.2, 0.25) is 0 Å². The van der Waals surface area contributed by atoms with Crippen LogP contribution in [-0.4, -0.2) is 31.0 Å². The number of nitro benzene ring substituents is 1. The highest BCUT2D eigenvalue weighted by Gasteiger charge is 2.17. The van der Waals surface area contributed by atoms with E-state index >= 15 is 0 Å². The average Bonchev–Trinajstić information content (AvgIpc) is 2.60. The number of carbonyl (C=O) groups is 1. The molecule has 0 saturated carbocycles. The summed E-state index contributed by atoms with van der Waals surface area (Å²) in [5.74, 6) is -0.366. The second-order valence-corrected chi connectivity index (χ2v) is 5.95. The van der Waals surface area contributed by atoms with E-state index in [1.54, 1.807) is 12.1 Å². The van der Waals surface area contributed by atoms with Gasteiger partial charge < -0.3 is 15.5 Å². The number of rotatable bonds is 6. The minimum Gasteiger partial charge on any atom is -0.372 e. The first-order valence-electron chi connectivity index (χ1n) is 7.94. The second kappa shape index (κ2) is 7.65. The Morgan fingerprint density at radius 1 is 1.20 bits per heavy atom. The van der Waals surface area contributed by atoms with E-state index in [-0.39, 0.29) is 17.2 Å². The molecule has 0 fully saturated rings. The highest BCUT2D eigenvalue weighted by atomic mass is 16.6. The van der Waals surface area contributed by atoms with E-state index in [0.29, 0.717) is 11.7 Å². The maximum Gasteiger partial charge on any atom is 0.293 e. The monoisotopic (exact) mass is 342 g/mol. The van der Waals surface area contributed by atoms with Gasteiger partial charge in [-0.25, -0.2) is 0 Å². The largest absolute Gasteiger partial charge is 0.372 e. The van der Waals surface area contributed by atoms with Crippen LogP contribution >= 0.6 is 0 Å². The lowest BCUT2D eigenvalue weighted by Crippen LogP contribution is -2.25. The molecule has 1 amide bonds. The Morgan fingerprint density at radius 3 is 2.52 bits per heavy atom. The fourth-order valence-corrected chi connectivity index (χ4v) is 2.33. The Hall–Kier alpha value is -3.09. The Labute approximate surface area is 146 Å².